The van der Waals surface area contributed by atoms with Gasteiger partial charge in [-0.1, -0.05) is 0 Å². The maximum Gasteiger partial charge on any atom is 0.174 e. The third kappa shape index (κ3) is 1.39. The van der Waals surface area contributed by atoms with Gasteiger partial charge in [0.15, 0.2) is 9.75 Å². The molecular formula is C6H4BrN3S. The lowest BCUT2D eigenvalue weighted by atomic mass is 10.5. The van der Waals surface area contributed by atoms with E-state index >= 15 is 0 Å². The van der Waals surface area contributed by atoms with Crippen LogP contribution in [0.25, 0.3) is 0 Å². The summed E-state index contributed by atoms with van der Waals surface area (Å²) < 4.78 is 0.873. The molecular weight excluding hydrogens is 226 g/mol. The maximum absolute atomic E-state index is 4.18. The van der Waals surface area contributed by atoms with Gasteiger partial charge in [-0.3, -0.25) is 4.99 Å². The number of aromatic nitrogens is 1. The van der Waals surface area contributed by atoms with Crippen LogP contribution in [0.2, 0.25) is 0 Å². The molecule has 11 heavy (non-hydrogen) atoms. The molecule has 0 unspecified atom stereocenters. The summed E-state index contributed by atoms with van der Waals surface area (Å²) in [6.07, 6.45) is 1.78. The minimum absolute atomic E-state index is 0.685. The summed E-state index contributed by atoms with van der Waals surface area (Å²) >= 11 is 4.82. The van der Waals surface area contributed by atoms with Crippen molar-refractivity contribution in [2.24, 2.45) is 9.98 Å². The van der Waals surface area contributed by atoms with Gasteiger partial charge in [0.1, 0.15) is 5.69 Å². The average molecular weight is 230 g/mol. The number of aliphatic imine (C=N–C) groups is 2. The number of hydrogen-bond donors (Lipinski definition) is 0. The van der Waals surface area contributed by atoms with E-state index < -0.39 is 0 Å². The Labute approximate surface area is 76.0 Å². The zero-order valence-corrected chi connectivity index (χ0v) is 7.89. The highest BCUT2D eigenvalue weighted by molar-refractivity contribution is 9.11. The first-order chi connectivity index (χ1) is 5.36. The van der Waals surface area contributed by atoms with Crippen molar-refractivity contribution in [3.05, 3.63) is 15.0 Å². The Kier molecular flexibility index (Phi) is 1.83. The highest BCUT2D eigenvalue weighted by Crippen LogP contribution is 2.17. The first-order valence-electron chi connectivity index (χ1n) is 3.04. The molecule has 2 heterocycles. The molecule has 0 radical (unpaired) electrons. The van der Waals surface area contributed by atoms with Gasteiger partial charge in [0, 0.05) is 11.6 Å². The molecule has 1 aliphatic rings. The van der Waals surface area contributed by atoms with E-state index in [1.807, 2.05) is 5.38 Å². The fourth-order valence-electron chi connectivity index (χ4n) is 0.797. The lowest BCUT2D eigenvalue weighted by molar-refractivity contribution is 1.29. The van der Waals surface area contributed by atoms with Crippen LogP contribution in [0, 0.1) is 0 Å². The molecule has 0 bridgehead atoms. The Morgan fingerprint density at radius 3 is 3.00 bits per heavy atom. The van der Waals surface area contributed by atoms with Gasteiger partial charge in [-0.05, 0) is 15.9 Å². The third-order valence-electron chi connectivity index (χ3n) is 1.24. The molecule has 0 spiro atoms. The lowest BCUT2D eigenvalue weighted by Gasteiger charge is -1.86. The molecule has 1 aliphatic heterocycles. The molecule has 1 aromatic rings. The number of nitrogens with zero attached hydrogens (tertiary/aromatic N) is 3. The van der Waals surface area contributed by atoms with Crippen molar-refractivity contribution in [2.45, 2.75) is 0 Å². The second-order valence-corrected chi connectivity index (χ2v) is 4.10. The van der Waals surface area contributed by atoms with Crippen LogP contribution in [0.4, 0.5) is 0 Å². The second-order valence-electron chi connectivity index (χ2n) is 1.96. The normalized spacial score (nSPS) is 15.5. The van der Waals surface area contributed by atoms with E-state index in [4.69, 9.17) is 0 Å². The van der Waals surface area contributed by atoms with Crippen molar-refractivity contribution in [3.8, 4) is 0 Å². The molecule has 0 amide bonds. The number of amidine groups is 1. The predicted octanol–water partition coefficient (Wildman–Crippen LogP) is 1.74. The molecule has 0 saturated carbocycles. The summed E-state index contributed by atoms with van der Waals surface area (Å²) in [5.41, 5.74) is 0.857. The topological polar surface area (TPSA) is 37.6 Å². The molecule has 0 aliphatic carbocycles. The van der Waals surface area contributed by atoms with Crippen LogP contribution in [-0.2, 0) is 0 Å². The second kappa shape index (κ2) is 2.83. The standard InChI is InChI=1S/C6H4BrN3S/c7-6-10-4(3-11-6)5-8-1-2-9-5/h1,3H,2H2. The van der Waals surface area contributed by atoms with Crippen LogP contribution in [0.3, 0.4) is 0 Å². The van der Waals surface area contributed by atoms with Crippen molar-refractivity contribution < 1.29 is 0 Å². The molecule has 5 heteroatoms. The Hall–Kier alpha value is -0.550. The van der Waals surface area contributed by atoms with Crippen molar-refractivity contribution in [1.82, 2.24) is 4.98 Å². The molecule has 0 fully saturated rings. The summed E-state index contributed by atoms with van der Waals surface area (Å²) in [4.78, 5) is 12.4. The van der Waals surface area contributed by atoms with Crippen molar-refractivity contribution >= 4 is 39.3 Å². The fraction of sp³-hybridized carbons (Fsp3) is 0.167. The van der Waals surface area contributed by atoms with E-state index in [-0.39, 0.29) is 0 Å². The van der Waals surface area contributed by atoms with Gasteiger partial charge in [-0.25, -0.2) is 9.98 Å². The van der Waals surface area contributed by atoms with Gasteiger partial charge in [-0.2, -0.15) is 0 Å². The first-order valence-corrected chi connectivity index (χ1v) is 4.72. The zero-order valence-electron chi connectivity index (χ0n) is 5.49. The number of hydrogen-bond acceptors (Lipinski definition) is 4. The molecule has 0 saturated heterocycles. The minimum atomic E-state index is 0.685. The largest absolute Gasteiger partial charge is 0.259 e. The van der Waals surface area contributed by atoms with Gasteiger partial charge in [0.25, 0.3) is 0 Å². The number of rotatable bonds is 1. The van der Waals surface area contributed by atoms with Crippen LogP contribution in [0.1, 0.15) is 5.69 Å². The smallest absolute Gasteiger partial charge is 0.174 e. The van der Waals surface area contributed by atoms with Gasteiger partial charge >= 0.3 is 0 Å². The molecule has 2 rings (SSSR count). The molecule has 3 nitrogen and oxygen atoms in total. The minimum Gasteiger partial charge on any atom is -0.259 e. The van der Waals surface area contributed by atoms with E-state index in [2.05, 4.69) is 30.9 Å². The van der Waals surface area contributed by atoms with Gasteiger partial charge < -0.3 is 0 Å². The summed E-state index contributed by atoms with van der Waals surface area (Å²) in [6, 6.07) is 0. The van der Waals surface area contributed by atoms with Gasteiger partial charge in [0.05, 0.1) is 6.54 Å². The van der Waals surface area contributed by atoms with Crippen LogP contribution < -0.4 is 0 Å². The van der Waals surface area contributed by atoms with Crippen LogP contribution in [-0.4, -0.2) is 23.6 Å². The Morgan fingerprint density at radius 1 is 1.55 bits per heavy atom. The third-order valence-corrected chi connectivity index (χ3v) is 2.61. The van der Waals surface area contributed by atoms with Crippen LogP contribution in [0.15, 0.2) is 19.3 Å². The average Bonchev–Trinajstić information content (AvgIpc) is 2.55. The summed E-state index contributed by atoms with van der Waals surface area (Å²) in [5, 5.41) is 1.94. The van der Waals surface area contributed by atoms with Crippen LogP contribution >= 0.6 is 27.3 Å². The van der Waals surface area contributed by atoms with Gasteiger partial charge in [0.2, 0.25) is 0 Å². The van der Waals surface area contributed by atoms with E-state index in [9.17, 15) is 0 Å². The quantitative estimate of drug-likeness (QED) is 0.723. The summed E-state index contributed by atoms with van der Waals surface area (Å²) in [5.74, 6) is 0.743. The van der Waals surface area contributed by atoms with Crippen molar-refractivity contribution in [2.75, 3.05) is 6.54 Å². The highest BCUT2D eigenvalue weighted by atomic mass is 79.9. The Morgan fingerprint density at radius 2 is 2.45 bits per heavy atom. The van der Waals surface area contributed by atoms with Gasteiger partial charge in [-0.15, -0.1) is 11.3 Å². The van der Waals surface area contributed by atoms with Crippen molar-refractivity contribution in [3.63, 3.8) is 0 Å². The van der Waals surface area contributed by atoms with E-state index in [0.717, 1.165) is 15.4 Å². The molecule has 56 valence electrons. The molecule has 1 aromatic heterocycles. The highest BCUT2D eigenvalue weighted by Gasteiger charge is 2.07. The predicted molar refractivity (Wildman–Crippen MR) is 49.7 cm³/mol. The zero-order chi connectivity index (χ0) is 7.68. The number of halogens is 1. The fourth-order valence-corrected chi connectivity index (χ4v) is 1.79. The SMILES string of the molecule is Brc1nc(C2=NCC=N2)cs1. The Balaban J connectivity index is 2.36. The van der Waals surface area contributed by atoms with Crippen LogP contribution in [0.5, 0.6) is 0 Å². The van der Waals surface area contributed by atoms with E-state index in [1.165, 1.54) is 0 Å². The Bertz CT molecular complexity index is 328. The summed E-state index contributed by atoms with van der Waals surface area (Å²) in [7, 11) is 0. The monoisotopic (exact) mass is 229 g/mol. The molecule has 0 aromatic carbocycles. The molecule has 0 atom stereocenters. The maximum atomic E-state index is 4.18. The first kappa shape index (κ1) is 7.12. The van der Waals surface area contributed by atoms with E-state index in [0.29, 0.717) is 6.54 Å². The summed E-state index contributed by atoms with van der Waals surface area (Å²) in [6.45, 7) is 0.685. The molecule has 0 N–H and O–H groups in total. The van der Waals surface area contributed by atoms with E-state index in [1.54, 1.807) is 17.6 Å². The van der Waals surface area contributed by atoms with Crippen molar-refractivity contribution in [1.29, 1.82) is 0 Å². The lowest BCUT2D eigenvalue weighted by Crippen LogP contribution is -1.92. The number of thiazole rings is 1.